The number of nitrogens with one attached hydrogen (secondary N) is 2. The van der Waals surface area contributed by atoms with Gasteiger partial charge in [0.25, 0.3) is 0 Å². The Morgan fingerprint density at radius 3 is 2.79 bits per heavy atom. The molecule has 0 radical (unpaired) electrons. The molecular weight excluding hydrogens is 376 g/mol. The molecule has 1 saturated heterocycles. The van der Waals surface area contributed by atoms with E-state index >= 15 is 0 Å². The van der Waals surface area contributed by atoms with E-state index in [1.54, 1.807) is 0 Å². The molecule has 4 rings (SSSR count). The van der Waals surface area contributed by atoms with Gasteiger partial charge in [-0.05, 0) is 47.0 Å². The van der Waals surface area contributed by atoms with E-state index in [-0.39, 0.29) is 5.92 Å². The van der Waals surface area contributed by atoms with Gasteiger partial charge in [0.1, 0.15) is 10.4 Å². The van der Waals surface area contributed by atoms with E-state index in [4.69, 9.17) is 5.11 Å². The van der Waals surface area contributed by atoms with Crippen molar-refractivity contribution in [1.82, 2.24) is 30.3 Å². The van der Waals surface area contributed by atoms with Crippen LogP contribution in [0.25, 0.3) is 22.3 Å². The molecule has 9 heteroatoms. The average Bonchev–Trinajstić information content (AvgIpc) is 3.22. The summed E-state index contributed by atoms with van der Waals surface area (Å²) >= 11 is 3.42. The number of amides is 1. The molecule has 0 bridgehead atoms. The number of carbonyl (C=O) groups is 1. The highest BCUT2D eigenvalue weighted by Crippen LogP contribution is 2.29. The van der Waals surface area contributed by atoms with E-state index in [0.29, 0.717) is 18.9 Å². The quantitative estimate of drug-likeness (QED) is 0.622. The lowest BCUT2D eigenvalue weighted by Gasteiger charge is -2.28. The first-order chi connectivity index (χ1) is 11.6. The molecule has 8 nitrogen and oxygen atoms in total. The van der Waals surface area contributed by atoms with Crippen LogP contribution in [0.1, 0.15) is 24.6 Å². The molecule has 24 heavy (non-hydrogen) atoms. The SMILES string of the molecule is O=C(O)N1CCC(c2nc(-c3ccc4[nH]nc(Br)c4c3)n[nH]2)CC1. The predicted molar refractivity (Wildman–Crippen MR) is 90.7 cm³/mol. The van der Waals surface area contributed by atoms with E-state index < -0.39 is 6.09 Å². The van der Waals surface area contributed by atoms with Crippen molar-refractivity contribution in [2.45, 2.75) is 18.8 Å². The first-order valence-electron chi connectivity index (χ1n) is 7.66. The van der Waals surface area contributed by atoms with Crippen LogP contribution in [0, 0.1) is 0 Å². The largest absolute Gasteiger partial charge is 0.465 e. The molecule has 1 aliphatic rings. The molecule has 1 aliphatic heterocycles. The molecule has 0 aliphatic carbocycles. The summed E-state index contributed by atoms with van der Waals surface area (Å²) in [6.07, 6.45) is 0.659. The number of aromatic nitrogens is 5. The zero-order chi connectivity index (χ0) is 16.7. The number of hydrogen-bond donors (Lipinski definition) is 3. The van der Waals surface area contributed by atoms with Gasteiger partial charge in [-0.2, -0.15) is 10.2 Å². The minimum atomic E-state index is -0.856. The van der Waals surface area contributed by atoms with Crippen molar-refractivity contribution >= 4 is 32.9 Å². The van der Waals surface area contributed by atoms with E-state index in [9.17, 15) is 4.79 Å². The van der Waals surface area contributed by atoms with Crippen molar-refractivity contribution in [1.29, 1.82) is 0 Å². The normalized spacial score (nSPS) is 16.0. The number of nitrogens with zero attached hydrogens (tertiary/aromatic N) is 4. The highest BCUT2D eigenvalue weighted by molar-refractivity contribution is 9.10. The second kappa shape index (κ2) is 5.90. The maximum absolute atomic E-state index is 11.0. The van der Waals surface area contributed by atoms with Gasteiger partial charge in [-0.1, -0.05) is 0 Å². The molecule has 124 valence electrons. The lowest BCUT2D eigenvalue weighted by Crippen LogP contribution is -2.37. The van der Waals surface area contributed by atoms with Crippen LogP contribution in [0.4, 0.5) is 4.79 Å². The summed E-state index contributed by atoms with van der Waals surface area (Å²) in [7, 11) is 0. The van der Waals surface area contributed by atoms with Crippen LogP contribution in [-0.4, -0.2) is 54.6 Å². The van der Waals surface area contributed by atoms with Crippen molar-refractivity contribution in [3.05, 3.63) is 28.6 Å². The standard InChI is InChI=1S/C15H15BrN6O2/c16-12-10-7-9(1-2-11(10)18-19-12)14-17-13(20-21-14)8-3-5-22(6-4-8)15(23)24/h1-2,7-8H,3-6H2,(H,18,19)(H,23,24)(H,17,20,21). The van der Waals surface area contributed by atoms with Crippen LogP contribution in [0.2, 0.25) is 0 Å². The molecule has 3 N–H and O–H groups in total. The Balaban J connectivity index is 1.56. The Morgan fingerprint density at radius 2 is 2.04 bits per heavy atom. The number of piperidine rings is 1. The number of rotatable bonds is 2. The molecular formula is C15H15BrN6O2. The molecule has 1 aromatic carbocycles. The Hall–Kier alpha value is -2.42. The Kier molecular flexibility index (Phi) is 3.72. The maximum atomic E-state index is 11.0. The van der Waals surface area contributed by atoms with E-state index in [1.807, 2.05) is 18.2 Å². The van der Waals surface area contributed by atoms with Gasteiger partial charge in [0.15, 0.2) is 5.82 Å². The van der Waals surface area contributed by atoms with Crippen molar-refractivity contribution in [2.24, 2.45) is 0 Å². The third-order valence-electron chi connectivity index (χ3n) is 4.43. The van der Waals surface area contributed by atoms with Crippen molar-refractivity contribution in [3.63, 3.8) is 0 Å². The maximum Gasteiger partial charge on any atom is 0.407 e. The fourth-order valence-corrected chi connectivity index (χ4v) is 3.47. The summed E-state index contributed by atoms with van der Waals surface area (Å²) < 4.78 is 0.760. The van der Waals surface area contributed by atoms with Gasteiger partial charge >= 0.3 is 6.09 Å². The number of benzene rings is 1. The molecule has 0 unspecified atom stereocenters. The van der Waals surface area contributed by atoms with Crippen LogP contribution >= 0.6 is 15.9 Å². The van der Waals surface area contributed by atoms with Crippen molar-refractivity contribution < 1.29 is 9.90 Å². The van der Waals surface area contributed by atoms with Gasteiger partial charge < -0.3 is 10.0 Å². The topological polar surface area (TPSA) is 111 Å². The fraction of sp³-hybridized carbons (Fsp3) is 0.333. The summed E-state index contributed by atoms with van der Waals surface area (Å²) in [5.41, 5.74) is 1.86. The molecule has 1 fully saturated rings. The van der Waals surface area contributed by atoms with Gasteiger partial charge in [-0.25, -0.2) is 9.78 Å². The molecule has 0 spiro atoms. The first-order valence-corrected chi connectivity index (χ1v) is 8.45. The zero-order valence-corrected chi connectivity index (χ0v) is 14.2. The second-order valence-corrected chi connectivity index (χ2v) is 6.61. The number of likely N-dealkylation sites (tertiary alicyclic amines) is 1. The Morgan fingerprint density at radius 1 is 1.25 bits per heavy atom. The first kappa shape index (κ1) is 15.1. The van der Waals surface area contributed by atoms with Gasteiger partial charge in [-0.3, -0.25) is 10.2 Å². The lowest BCUT2D eigenvalue weighted by atomic mass is 9.96. The smallest absolute Gasteiger partial charge is 0.407 e. The van der Waals surface area contributed by atoms with Gasteiger partial charge in [-0.15, -0.1) is 0 Å². The summed E-state index contributed by atoms with van der Waals surface area (Å²) in [4.78, 5) is 17.0. The molecule has 0 saturated carbocycles. The van der Waals surface area contributed by atoms with Crippen LogP contribution in [-0.2, 0) is 0 Å². The summed E-state index contributed by atoms with van der Waals surface area (Å²) in [6.45, 7) is 1.06. The van der Waals surface area contributed by atoms with E-state index in [1.165, 1.54) is 4.90 Å². The molecule has 3 aromatic rings. The Labute approximate surface area is 145 Å². The molecule has 0 atom stereocenters. The highest BCUT2D eigenvalue weighted by Gasteiger charge is 2.25. The van der Waals surface area contributed by atoms with Crippen molar-refractivity contribution in [2.75, 3.05) is 13.1 Å². The molecule has 1 amide bonds. The Bertz CT molecular complexity index is 896. The molecule has 2 aromatic heterocycles. The third-order valence-corrected chi connectivity index (χ3v) is 5.03. The van der Waals surface area contributed by atoms with Gasteiger partial charge in [0.05, 0.1) is 5.52 Å². The van der Waals surface area contributed by atoms with E-state index in [0.717, 1.165) is 39.7 Å². The van der Waals surface area contributed by atoms with Gasteiger partial charge in [0, 0.05) is 30.0 Å². The van der Waals surface area contributed by atoms with E-state index in [2.05, 4.69) is 41.3 Å². The minimum absolute atomic E-state index is 0.214. The lowest BCUT2D eigenvalue weighted by molar-refractivity contribution is 0.131. The number of H-pyrrole nitrogens is 2. The van der Waals surface area contributed by atoms with Gasteiger partial charge in [0.2, 0.25) is 0 Å². The highest BCUT2D eigenvalue weighted by atomic mass is 79.9. The zero-order valence-electron chi connectivity index (χ0n) is 12.7. The van der Waals surface area contributed by atoms with Crippen LogP contribution < -0.4 is 0 Å². The third kappa shape index (κ3) is 2.64. The second-order valence-electron chi connectivity index (χ2n) is 5.86. The van der Waals surface area contributed by atoms with Crippen LogP contribution in [0.15, 0.2) is 22.8 Å². The summed E-state index contributed by atoms with van der Waals surface area (Å²) in [6, 6.07) is 5.89. The van der Waals surface area contributed by atoms with Crippen molar-refractivity contribution in [3.8, 4) is 11.4 Å². The predicted octanol–water partition coefficient (Wildman–Crippen LogP) is 2.97. The number of fused-ring (bicyclic) bond motifs is 1. The summed E-state index contributed by atoms with van der Waals surface area (Å²) in [5.74, 6) is 1.67. The fourth-order valence-electron chi connectivity index (χ4n) is 3.05. The number of halogens is 1. The number of carboxylic acid groups (broad SMARTS) is 1. The van der Waals surface area contributed by atoms with Crippen LogP contribution in [0.3, 0.4) is 0 Å². The van der Waals surface area contributed by atoms with Crippen LogP contribution in [0.5, 0.6) is 0 Å². The summed E-state index contributed by atoms with van der Waals surface area (Å²) in [5, 5.41) is 24.4. The number of aromatic amines is 2. The molecule has 3 heterocycles. The minimum Gasteiger partial charge on any atom is -0.465 e. The average molecular weight is 391 g/mol. The number of hydrogen-bond acceptors (Lipinski definition) is 4. The monoisotopic (exact) mass is 390 g/mol.